The number of ether oxygens (including phenoxy) is 1. The van der Waals surface area contributed by atoms with Gasteiger partial charge in [-0.3, -0.25) is 4.79 Å². The van der Waals surface area contributed by atoms with Crippen LogP contribution in [0.25, 0.3) is 0 Å². The van der Waals surface area contributed by atoms with E-state index >= 15 is 0 Å². The van der Waals surface area contributed by atoms with E-state index in [0.29, 0.717) is 5.69 Å². The van der Waals surface area contributed by atoms with Crippen molar-refractivity contribution in [1.82, 2.24) is 10.1 Å². The van der Waals surface area contributed by atoms with Gasteiger partial charge in [-0.2, -0.15) is 0 Å². The van der Waals surface area contributed by atoms with Crippen LogP contribution in [-0.2, 0) is 9.53 Å². The summed E-state index contributed by atoms with van der Waals surface area (Å²) < 4.78 is 9.90. The van der Waals surface area contributed by atoms with Crippen molar-refractivity contribution in [3.05, 3.63) is 11.3 Å². The molecular formula is C14H23N3O4. The van der Waals surface area contributed by atoms with E-state index in [1.165, 1.54) is 6.92 Å². The predicted octanol–water partition coefficient (Wildman–Crippen LogP) is 1.76. The lowest BCUT2D eigenvalue weighted by atomic mass is 10.2. The van der Waals surface area contributed by atoms with Gasteiger partial charge in [0.15, 0.2) is 6.10 Å². The topological polar surface area (TPSA) is 98.7 Å². The molecule has 1 aromatic heterocycles. The van der Waals surface area contributed by atoms with Crippen LogP contribution in [0.3, 0.4) is 0 Å². The monoisotopic (exact) mass is 297 g/mol. The van der Waals surface area contributed by atoms with Gasteiger partial charge in [-0.25, -0.2) is 4.79 Å². The molecule has 2 N–H and O–H groups in total. The summed E-state index contributed by atoms with van der Waals surface area (Å²) in [6.07, 6.45) is -0.906. The first-order valence-corrected chi connectivity index (χ1v) is 6.91. The van der Waals surface area contributed by atoms with Crippen LogP contribution in [0, 0.1) is 6.92 Å². The fourth-order valence-corrected chi connectivity index (χ4v) is 2.22. The number of carbonyl (C=O) groups is 2. The van der Waals surface area contributed by atoms with E-state index in [9.17, 15) is 9.59 Å². The minimum Gasteiger partial charge on any atom is -0.449 e. The van der Waals surface area contributed by atoms with Crippen LogP contribution >= 0.6 is 0 Å². The van der Waals surface area contributed by atoms with Gasteiger partial charge in [-0.15, -0.1) is 0 Å². The normalized spacial score (nSPS) is 12.6. The molecule has 0 spiro atoms. The van der Waals surface area contributed by atoms with Crippen molar-refractivity contribution >= 4 is 17.8 Å². The van der Waals surface area contributed by atoms with E-state index in [-0.39, 0.29) is 29.4 Å². The van der Waals surface area contributed by atoms with Gasteiger partial charge in [0, 0.05) is 12.1 Å². The number of nitrogen functional groups attached to an aromatic ring is 1. The van der Waals surface area contributed by atoms with Crippen molar-refractivity contribution in [2.24, 2.45) is 0 Å². The molecule has 0 saturated carbocycles. The summed E-state index contributed by atoms with van der Waals surface area (Å²) in [5.41, 5.74) is 5.93. The predicted molar refractivity (Wildman–Crippen MR) is 77.6 cm³/mol. The van der Waals surface area contributed by atoms with E-state index in [0.717, 1.165) is 0 Å². The number of esters is 1. The van der Waals surface area contributed by atoms with E-state index in [2.05, 4.69) is 5.16 Å². The number of rotatable bonds is 5. The highest BCUT2D eigenvalue weighted by Crippen LogP contribution is 2.18. The highest BCUT2D eigenvalue weighted by molar-refractivity contribution is 5.96. The molecule has 118 valence electrons. The third-order valence-electron chi connectivity index (χ3n) is 3.09. The second-order valence-corrected chi connectivity index (χ2v) is 5.49. The summed E-state index contributed by atoms with van der Waals surface area (Å²) in [4.78, 5) is 26.1. The Kier molecular flexibility index (Phi) is 5.34. The summed E-state index contributed by atoms with van der Waals surface area (Å²) >= 11 is 0. The summed E-state index contributed by atoms with van der Waals surface area (Å²) in [5, 5.41) is 3.58. The lowest BCUT2D eigenvalue weighted by Crippen LogP contribution is -2.47. The van der Waals surface area contributed by atoms with Gasteiger partial charge >= 0.3 is 5.97 Å². The van der Waals surface area contributed by atoms with Gasteiger partial charge in [0.05, 0.1) is 5.69 Å². The first kappa shape index (κ1) is 17.0. The van der Waals surface area contributed by atoms with Crippen LogP contribution in [0.15, 0.2) is 4.52 Å². The number of aryl methyl sites for hydroxylation is 1. The zero-order chi connectivity index (χ0) is 16.3. The van der Waals surface area contributed by atoms with Crippen LogP contribution < -0.4 is 5.73 Å². The number of anilines is 1. The Morgan fingerprint density at radius 2 is 1.71 bits per heavy atom. The first-order valence-electron chi connectivity index (χ1n) is 6.91. The molecule has 1 unspecified atom stereocenters. The van der Waals surface area contributed by atoms with Crippen LogP contribution in [0.1, 0.15) is 50.7 Å². The molecule has 1 aromatic rings. The molecule has 7 nitrogen and oxygen atoms in total. The standard InChI is InChI=1S/C14H23N3O4/c1-7(2)17(8(3)4)13(18)10(6)20-14(19)11-9(5)16-21-12(11)15/h7-8,10H,15H2,1-6H3. The lowest BCUT2D eigenvalue weighted by molar-refractivity contribution is -0.143. The Bertz CT molecular complexity index is 495. The molecule has 0 aliphatic carbocycles. The maximum Gasteiger partial charge on any atom is 0.346 e. The van der Waals surface area contributed by atoms with E-state index in [4.69, 9.17) is 15.0 Å². The molecule has 1 atom stereocenters. The molecule has 0 aromatic carbocycles. The molecular weight excluding hydrogens is 274 g/mol. The SMILES string of the molecule is Cc1noc(N)c1C(=O)OC(C)C(=O)N(C(C)C)C(C)C. The summed E-state index contributed by atoms with van der Waals surface area (Å²) in [5.74, 6) is -1.07. The molecule has 0 aliphatic rings. The molecule has 0 saturated heterocycles. The molecule has 0 bridgehead atoms. The fraction of sp³-hybridized carbons (Fsp3) is 0.643. The van der Waals surface area contributed by atoms with Crippen molar-refractivity contribution in [3.63, 3.8) is 0 Å². The number of carbonyl (C=O) groups excluding carboxylic acids is 2. The van der Waals surface area contributed by atoms with Gasteiger partial charge in [-0.1, -0.05) is 5.16 Å². The molecule has 0 aliphatic heterocycles. The smallest absolute Gasteiger partial charge is 0.346 e. The number of nitrogens with zero attached hydrogens (tertiary/aromatic N) is 2. The Morgan fingerprint density at radius 1 is 1.19 bits per heavy atom. The molecule has 7 heteroatoms. The van der Waals surface area contributed by atoms with Gasteiger partial charge in [0.1, 0.15) is 5.56 Å². The third kappa shape index (κ3) is 3.74. The molecule has 1 rings (SSSR count). The Labute approximate surface area is 124 Å². The van der Waals surface area contributed by atoms with Crippen LogP contribution in [-0.4, -0.2) is 40.1 Å². The van der Waals surface area contributed by atoms with Crippen molar-refractivity contribution in [1.29, 1.82) is 0 Å². The fourth-order valence-electron chi connectivity index (χ4n) is 2.22. The number of aromatic nitrogens is 1. The zero-order valence-electron chi connectivity index (χ0n) is 13.3. The van der Waals surface area contributed by atoms with Crippen LogP contribution in [0.4, 0.5) is 5.88 Å². The number of amides is 1. The van der Waals surface area contributed by atoms with E-state index in [1.54, 1.807) is 11.8 Å². The summed E-state index contributed by atoms with van der Waals surface area (Å²) in [7, 11) is 0. The van der Waals surface area contributed by atoms with Gasteiger partial charge in [0.2, 0.25) is 5.88 Å². The highest BCUT2D eigenvalue weighted by Gasteiger charge is 2.29. The van der Waals surface area contributed by atoms with Crippen molar-refractivity contribution in [3.8, 4) is 0 Å². The number of nitrogens with two attached hydrogens (primary N) is 1. The highest BCUT2D eigenvalue weighted by atomic mass is 16.6. The minimum absolute atomic E-state index is 0.0149. The lowest BCUT2D eigenvalue weighted by Gasteiger charge is -2.32. The molecule has 1 amide bonds. The second-order valence-electron chi connectivity index (χ2n) is 5.49. The quantitative estimate of drug-likeness (QED) is 0.831. The average Bonchev–Trinajstić information content (AvgIpc) is 2.67. The summed E-state index contributed by atoms with van der Waals surface area (Å²) in [6, 6.07) is 0.0297. The second kappa shape index (κ2) is 6.60. The molecule has 0 radical (unpaired) electrons. The molecule has 21 heavy (non-hydrogen) atoms. The van der Waals surface area contributed by atoms with Gasteiger partial charge in [0.25, 0.3) is 5.91 Å². The van der Waals surface area contributed by atoms with E-state index < -0.39 is 12.1 Å². The average molecular weight is 297 g/mol. The van der Waals surface area contributed by atoms with Gasteiger partial charge < -0.3 is 19.9 Å². The van der Waals surface area contributed by atoms with Crippen molar-refractivity contribution in [2.75, 3.05) is 5.73 Å². The largest absolute Gasteiger partial charge is 0.449 e. The Morgan fingerprint density at radius 3 is 2.10 bits per heavy atom. The third-order valence-corrected chi connectivity index (χ3v) is 3.09. The number of hydrogen-bond donors (Lipinski definition) is 1. The Hall–Kier alpha value is -2.05. The van der Waals surface area contributed by atoms with Crippen LogP contribution in [0.2, 0.25) is 0 Å². The molecule has 1 heterocycles. The minimum atomic E-state index is -0.906. The van der Waals surface area contributed by atoms with Gasteiger partial charge in [-0.05, 0) is 41.5 Å². The molecule has 0 fully saturated rings. The van der Waals surface area contributed by atoms with Crippen molar-refractivity contribution < 1.29 is 18.8 Å². The van der Waals surface area contributed by atoms with Crippen LogP contribution in [0.5, 0.6) is 0 Å². The maximum absolute atomic E-state index is 12.4. The summed E-state index contributed by atoms with van der Waals surface area (Å²) in [6.45, 7) is 10.8. The maximum atomic E-state index is 12.4. The van der Waals surface area contributed by atoms with E-state index in [1.807, 2.05) is 27.7 Å². The van der Waals surface area contributed by atoms with Crippen molar-refractivity contribution in [2.45, 2.75) is 59.7 Å². The number of hydrogen-bond acceptors (Lipinski definition) is 6. The first-order chi connectivity index (χ1) is 9.66. The zero-order valence-corrected chi connectivity index (χ0v) is 13.3. The Balaban J connectivity index is 2.83.